The normalized spacial score (nSPS) is 36.2. The standard InChI is InChI=1S/C12H24N2/c1-9-6-10(2)14(8-9)11(3)7-13-12-4-5-12/h9-13H,4-8H2,1-3H3. The van der Waals surface area contributed by atoms with E-state index in [0.717, 1.165) is 24.0 Å². The number of hydrogen-bond donors (Lipinski definition) is 1. The first-order chi connectivity index (χ1) is 6.66. The minimum absolute atomic E-state index is 0.718. The molecule has 82 valence electrons. The van der Waals surface area contributed by atoms with Crippen molar-refractivity contribution in [3.8, 4) is 0 Å². The Morgan fingerprint density at radius 2 is 2.07 bits per heavy atom. The molecule has 1 aliphatic carbocycles. The largest absolute Gasteiger partial charge is 0.312 e. The Morgan fingerprint density at radius 3 is 2.57 bits per heavy atom. The Hall–Kier alpha value is -0.0800. The topological polar surface area (TPSA) is 15.3 Å². The average molecular weight is 196 g/mol. The molecule has 2 heteroatoms. The first-order valence-corrected chi connectivity index (χ1v) is 6.16. The molecule has 1 N–H and O–H groups in total. The van der Waals surface area contributed by atoms with Crippen LogP contribution in [0.5, 0.6) is 0 Å². The molecular formula is C12H24N2. The van der Waals surface area contributed by atoms with Crippen molar-refractivity contribution >= 4 is 0 Å². The zero-order valence-corrected chi connectivity index (χ0v) is 9.79. The van der Waals surface area contributed by atoms with E-state index in [9.17, 15) is 0 Å². The summed E-state index contributed by atoms with van der Waals surface area (Å²) < 4.78 is 0. The van der Waals surface area contributed by atoms with Crippen LogP contribution in [0.3, 0.4) is 0 Å². The van der Waals surface area contributed by atoms with Gasteiger partial charge in [0.25, 0.3) is 0 Å². The van der Waals surface area contributed by atoms with Gasteiger partial charge in [-0.15, -0.1) is 0 Å². The summed E-state index contributed by atoms with van der Waals surface area (Å²) in [5.74, 6) is 0.897. The van der Waals surface area contributed by atoms with Crippen LogP contribution in [0.2, 0.25) is 0 Å². The van der Waals surface area contributed by atoms with Crippen molar-refractivity contribution in [1.82, 2.24) is 10.2 Å². The highest BCUT2D eigenvalue weighted by Gasteiger charge is 2.30. The molecule has 1 saturated heterocycles. The first kappa shape index (κ1) is 10.4. The summed E-state index contributed by atoms with van der Waals surface area (Å²) in [6.45, 7) is 9.59. The van der Waals surface area contributed by atoms with E-state index in [2.05, 4.69) is 31.0 Å². The van der Waals surface area contributed by atoms with Gasteiger partial charge in [0.15, 0.2) is 0 Å². The minimum atomic E-state index is 0.718. The molecule has 3 unspecified atom stereocenters. The molecular weight excluding hydrogens is 172 g/mol. The summed E-state index contributed by atoms with van der Waals surface area (Å²) in [5.41, 5.74) is 0. The molecule has 1 heterocycles. The van der Waals surface area contributed by atoms with E-state index >= 15 is 0 Å². The molecule has 2 rings (SSSR count). The number of likely N-dealkylation sites (tertiary alicyclic amines) is 1. The molecule has 1 saturated carbocycles. The predicted molar refractivity (Wildman–Crippen MR) is 60.4 cm³/mol. The van der Waals surface area contributed by atoms with Gasteiger partial charge in [-0.1, -0.05) is 6.92 Å². The fourth-order valence-electron chi connectivity index (χ4n) is 2.69. The van der Waals surface area contributed by atoms with E-state index < -0.39 is 0 Å². The Morgan fingerprint density at radius 1 is 1.36 bits per heavy atom. The minimum Gasteiger partial charge on any atom is -0.312 e. The van der Waals surface area contributed by atoms with Crippen molar-refractivity contribution in [2.75, 3.05) is 13.1 Å². The molecule has 2 aliphatic rings. The van der Waals surface area contributed by atoms with Crippen molar-refractivity contribution < 1.29 is 0 Å². The third-order valence-corrected chi connectivity index (χ3v) is 3.68. The van der Waals surface area contributed by atoms with Gasteiger partial charge in [0.1, 0.15) is 0 Å². The fourth-order valence-corrected chi connectivity index (χ4v) is 2.69. The second kappa shape index (κ2) is 4.19. The zero-order chi connectivity index (χ0) is 10.1. The van der Waals surface area contributed by atoms with Crippen molar-refractivity contribution in [3.63, 3.8) is 0 Å². The molecule has 0 spiro atoms. The maximum Gasteiger partial charge on any atom is 0.0195 e. The van der Waals surface area contributed by atoms with Gasteiger partial charge >= 0.3 is 0 Å². The first-order valence-electron chi connectivity index (χ1n) is 6.16. The summed E-state index contributed by atoms with van der Waals surface area (Å²) >= 11 is 0. The summed E-state index contributed by atoms with van der Waals surface area (Å²) in [4.78, 5) is 2.67. The maximum atomic E-state index is 3.63. The third-order valence-electron chi connectivity index (χ3n) is 3.68. The van der Waals surface area contributed by atoms with E-state index in [1.807, 2.05) is 0 Å². The average Bonchev–Trinajstić information content (AvgIpc) is 2.88. The van der Waals surface area contributed by atoms with Gasteiger partial charge in [-0.05, 0) is 39.0 Å². The highest BCUT2D eigenvalue weighted by Crippen LogP contribution is 2.25. The Balaban J connectivity index is 1.74. The highest BCUT2D eigenvalue weighted by atomic mass is 15.2. The van der Waals surface area contributed by atoms with Gasteiger partial charge in [0.05, 0.1) is 0 Å². The van der Waals surface area contributed by atoms with Gasteiger partial charge in [-0.3, -0.25) is 4.90 Å². The predicted octanol–water partition coefficient (Wildman–Crippen LogP) is 1.86. The second-order valence-electron chi connectivity index (χ2n) is 5.42. The molecule has 0 bridgehead atoms. The van der Waals surface area contributed by atoms with Crippen LogP contribution >= 0.6 is 0 Å². The van der Waals surface area contributed by atoms with Crippen LogP contribution in [0.25, 0.3) is 0 Å². The van der Waals surface area contributed by atoms with Crippen LogP contribution in [-0.2, 0) is 0 Å². The number of hydrogen-bond acceptors (Lipinski definition) is 2. The van der Waals surface area contributed by atoms with Crippen LogP contribution in [-0.4, -0.2) is 36.1 Å². The molecule has 1 aliphatic heterocycles. The van der Waals surface area contributed by atoms with Gasteiger partial charge in [-0.2, -0.15) is 0 Å². The third kappa shape index (κ3) is 2.48. The molecule has 0 aromatic carbocycles. The molecule has 0 amide bonds. The van der Waals surface area contributed by atoms with Gasteiger partial charge in [0.2, 0.25) is 0 Å². The lowest BCUT2D eigenvalue weighted by Crippen LogP contribution is -2.42. The van der Waals surface area contributed by atoms with Crippen LogP contribution in [0, 0.1) is 5.92 Å². The number of nitrogens with one attached hydrogen (secondary N) is 1. The van der Waals surface area contributed by atoms with Crippen molar-refractivity contribution in [1.29, 1.82) is 0 Å². The number of rotatable bonds is 4. The van der Waals surface area contributed by atoms with Gasteiger partial charge in [0, 0.05) is 31.2 Å². The Bertz CT molecular complexity index is 189. The Labute approximate surface area is 88.1 Å². The van der Waals surface area contributed by atoms with Crippen LogP contribution < -0.4 is 5.32 Å². The van der Waals surface area contributed by atoms with Gasteiger partial charge in [-0.25, -0.2) is 0 Å². The lowest BCUT2D eigenvalue weighted by Gasteiger charge is -2.28. The van der Waals surface area contributed by atoms with E-state index in [4.69, 9.17) is 0 Å². The summed E-state index contributed by atoms with van der Waals surface area (Å²) in [7, 11) is 0. The highest BCUT2D eigenvalue weighted by molar-refractivity contribution is 4.87. The molecule has 2 nitrogen and oxygen atoms in total. The van der Waals surface area contributed by atoms with Crippen molar-refractivity contribution in [2.45, 2.75) is 58.2 Å². The Kier molecular flexibility index (Phi) is 3.13. The molecule has 3 atom stereocenters. The summed E-state index contributed by atoms with van der Waals surface area (Å²) in [5, 5.41) is 3.63. The van der Waals surface area contributed by atoms with E-state index in [-0.39, 0.29) is 0 Å². The fraction of sp³-hybridized carbons (Fsp3) is 1.00. The molecule has 0 aromatic rings. The quantitative estimate of drug-likeness (QED) is 0.738. The SMILES string of the molecule is CC1CC(C)N(C(C)CNC2CC2)C1. The van der Waals surface area contributed by atoms with Crippen LogP contribution in [0.4, 0.5) is 0 Å². The lowest BCUT2D eigenvalue weighted by atomic mass is 10.1. The summed E-state index contributed by atoms with van der Waals surface area (Å²) in [6.07, 6.45) is 4.19. The van der Waals surface area contributed by atoms with Crippen LogP contribution in [0.1, 0.15) is 40.0 Å². The second-order valence-corrected chi connectivity index (χ2v) is 5.42. The number of nitrogens with zero attached hydrogens (tertiary/aromatic N) is 1. The van der Waals surface area contributed by atoms with Crippen LogP contribution in [0.15, 0.2) is 0 Å². The molecule has 0 radical (unpaired) electrons. The maximum absolute atomic E-state index is 3.63. The lowest BCUT2D eigenvalue weighted by molar-refractivity contribution is 0.195. The molecule has 14 heavy (non-hydrogen) atoms. The molecule has 2 fully saturated rings. The van der Waals surface area contributed by atoms with E-state index in [1.165, 1.54) is 32.4 Å². The monoisotopic (exact) mass is 196 g/mol. The summed E-state index contributed by atoms with van der Waals surface area (Å²) in [6, 6.07) is 2.37. The molecule has 0 aromatic heterocycles. The van der Waals surface area contributed by atoms with Crippen molar-refractivity contribution in [2.24, 2.45) is 5.92 Å². The van der Waals surface area contributed by atoms with E-state index in [1.54, 1.807) is 0 Å². The van der Waals surface area contributed by atoms with E-state index in [0.29, 0.717) is 0 Å². The zero-order valence-electron chi connectivity index (χ0n) is 9.79. The van der Waals surface area contributed by atoms with Gasteiger partial charge < -0.3 is 5.32 Å². The van der Waals surface area contributed by atoms with Crippen molar-refractivity contribution in [3.05, 3.63) is 0 Å². The smallest absolute Gasteiger partial charge is 0.0195 e.